The van der Waals surface area contributed by atoms with Crippen molar-refractivity contribution in [3.05, 3.63) is 0 Å². The highest BCUT2D eigenvalue weighted by Crippen LogP contribution is 2.26. The van der Waals surface area contributed by atoms with Crippen LogP contribution < -0.4 is 21.7 Å². The zero-order valence-corrected chi connectivity index (χ0v) is 18.5. The highest BCUT2D eigenvalue weighted by molar-refractivity contribution is 5.92. The van der Waals surface area contributed by atoms with Gasteiger partial charge in [-0.15, -0.1) is 0 Å². The van der Waals surface area contributed by atoms with Gasteiger partial charge in [0.15, 0.2) is 24.3 Å². The first-order valence-corrected chi connectivity index (χ1v) is 10.4. The first-order chi connectivity index (χ1) is 15.5. The number of nitrogens with two attached hydrogens (primary N) is 1. The molecule has 15 nitrogen and oxygen atoms in total. The number of β-amino-alcohol motifs (C(OH)–C–C–N with tert-alkyl or cyclic N) is 1. The molecule has 2 saturated heterocycles. The number of piperidine rings is 1. The Bertz CT molecular complexity index is 796. The average molecular weight is 473 g/mol. The van der Waals surface area contributed by atoms with Crippen LogP contribution in [-0.2, 0) is 19.1 Å². The summed E-state index contributed by atoms with van der Waals surface area (Å²) in [5.41, 5.74) is 5.11. The van der Waals surface area contributed by atoms with Gasteiger partial charge < -0.3 is 56.3 Å². The van der Waals surface area contributed by atoms with Crippen LogP contribution in [0.25, 0.3) is 0 Å². The number of aliphatic hydroxyl groups is 3. The van der Waals surface area contributed by atoms with Crippen LogP contribution in [0.2, 0.25) is 0 Å². The number of ether oxygens (including phenoxy) is 2. The minimum atomic E-state index is -1.49. The van der Waals surface area contributed by atoms with Gasteiger partial charge in [0.2, 0.25) is 11.8 Å². The molecule has 3 heterocycles. The van der Waals surface area contributed by atoms with Gasteiger partial charge in [-0.25, -0.2) is 9.79 Å². The van der Waals surface area contributed by atoms with Crippen molar-refractivity contribution in [2.45, 2.75) is 48.8 Å². The van der Waals surface area contributed by atoms with E-state index in [2.05, 4.69) is 20.9 Å². The normalized spacial score (nSPS) is 35.7. The number of hydrogen-bond donors (Lipinski definition) is 7. The Morgan fingerprint density at radius 3 is 2.61 bits per heavy atom. The number of nitrogens with zero attached hydrogens (tertiary/aromatic N) is 3. The molecule has 3 aliphatic rings. The second-order valence-corrected chi connectivity index (χ2v) is 8.45. The third kappa shape index (κ3) is 5.27. The summed E-state index contributed by atoms with van der Waals surface area (Å²) in [6, 6.07) is -2.65. The Morgan fingerprint density at radius 1 is 1.33 bits per heavy atom. The number of amides is 3. The molecule has 0 unspecified atom stereocenters. The minimum absolute atomic E-state index is 0.0208. The van der Waals surface area contributed by atoms with Gasteiger partial charge in [-0.3, -0.25) is 9.59 Å². The van der Waals surface area contributed by atoms with Gasteiger partial charge in [0.1, 0.15) is 18.2 Å². The van der Waals surface area contributed by atoms with Gasteiger partial charge in [-0.1, -0.05) is 0 Å². The van der Waals surface area contributed by atoms with Gasteiger partial charge in [0.05, 0.1) is 25.3 Å². The zero-order chi connectivity index (χ0) is 24.4. The third-order valence-electron chi connectivity index (χ3n) is 5.77. The predicted octanol–water partition coefficient (Wildman–Crippen LogP) is -5.31. The first kappa shape index (κ1) is 24.9. The zero-order valence-electron chi connectivity index (χ0n) is 18.5. The molecule has 8 atom stereocenters. The fourth-order valence-electron chi connectivity index (χ4n) is 4.14. The van der Waals surface area contributed by atoms with Crippen molar-refractivity contribution in [2.24, 2.45) is 10.7 Å². The lowest BCUT2D eigenvalue weighted by molar-refractivity contribution is -0.215. The van der Waals surface area contributed by atoms with Crippen LogP contribution in [0.5, 0.6) is 0 Å². The fraction of sp³-hybridized carbons (Fsp3) is 0.778. The summed E-state index contributed by atoms with van der Waals surface area (Å²) < 4.78 is 10.8. The Labute approximate surface area is 189 Å². The number of primary amides is 1. The van der Waals surface area contributed by atoms with Crippen LogP contribution in [0, 0.1) is 0 Å². The maximum absolute atomic E-state index is 12.7. The van der Waals surface area contributed by atoms with E-state index in [1.54, 1.807) is 19.0 Å². The quantitative estimate of drug-likeness (QED) is 0.194. The van der Waals surface area contributed by atoms with Crippen LogP contribution in [0.1, 0.15) is 0 Å². The molecule has 3 amide bonds. The Balaban J connectivity index is 1.86. The van der Waals surface area contributed by atoms with Gasteiger partial charge in [0.25, 0.3) is 0 Å². The topological polar surface area (TPSA) is 211 Å². The maximum atomic E-state index is 12.7. The van der Waals surface area contributed by atoms with Gasteiger partial charge in [-0.2, -0.15) is 0 Å². The average Bonchev–Trinajstić information content (AvgIpc) is 3.16. The lowest BCUT2D eigenvalue weighted by Crippen LogP contribution is -2.70. The van der Waals surface area contributed by atoms with Crippen molar-refractivity contribution in [2.75, 3.05) is 40.8 Å². The SMILES string of the molecule is CN(C)CC(=O)N(C)[C@@H]1[C@H](O)[C@@H](OC(N)=O)[C@@H](CO)O[C@H]1NC1=N[C@@H]2C(=O)NC[C@@H](O)[C@H]2N1. The monoisotopic (exact) mass is 473 g/mol. The fourth-order valence-corrected chi connectivity index (χ4v) is 4.14. The summed E-state index contributed by atoms with van der Waals surface area (Å²) in [5.74, 6) is -0.635. The van der Waals surface area contributed by atoms with Crippen molar-refractivity contribution in [3.63, 3.8) is 0 Å². The van der Waals surface area contributed by atoms with Gasteiger partial charge >= 0.3 is 6.09 Å². The van der Waals surface area contributed by atoms with Crippen molar-refractivity contribution < 1.29 is 39.2 Å². The summed E-state index contributed by atoms with van der Waals surface area (Å²) in [6.07, 6.45) is -7.20. The molecule has 186 valence electrons. The van der Waals surface area contributed by atoms with E-state index in [0.29, 0.717) is 0 Å². The summed E-state index contributed by atoms with van der Waals surface area (Å²) in [5, 5.41) is 39.3. The molecule has 3 aliphatic heterocycles. The molecule has 0 bridgehead atoms. The van der Waals surface area contributed by atoms with Crippen LogP contribution in [0.4, 0.5) is 4.79 Å². The molecule has 15 heteroatoms. The van der Waals surface area contributed by atoms with Crippen LogP contribution in [-0.4, -0.2) is 139 Å². The van der Waals surface area contributed by atoms with E-state index in [9.17, 15) is 29.7 Å². The van der Waals surface area contributed by atoms with Crippen molar-refractivity contribution in [3.8, 4) is 0 Å². The molecule has 0 aromatic heterocycles. The number of aliphatic hydroxyl groups excluding tert-OH is 3. The van der Waals surface area contributed by atoms with Crippen LogP contribution in [0.3, 0.4) is 0 Å². The van der Waals surface area contributed by atoms with E-state index in [-0.39, 0.29) is 30.9 Å². The molecule has 0 saturated carbocycles. The largest absolute Gasteiger partial charge is 0.441 e. The Kier molecular flexibility index (Phi) is 7.58. The maximum Gasteiger partial charge on any atom is 0.404 e. The van der Waals surface area contributed by atoms with E-state index < -0.39 is 61.5 Å². The van der Waals surface area contributed by atoms with Crippen LogP contribution in [0.15, 0.2) is 4.99 Å². The first-order valence-electron chi connectivity index (χ1n) is 10.4. The molecule has 0 aromatic rings. The number of likely N-dealkylation sites (N-methyl/N-ethyl adjacent to an activating group) is 2. The predicted molar refractivity (Wildman–Crippen MR) is 112 cm³/mol. The molecule has 8 N–H and O–H groups in total. The van der Waals surface area contributed by atoms with Crippen LogP contribution >= 0.6 is 0 Å². The van der Waals surface area contributed by atoms with E-state index in [4.69, 9.17) is 15.2 Å². The van der Waals surface area contributed by atoms with E-state index in [1.807, 2.05) is 0 Å². The minimum Gasteiger partial charge on any atom is -0.441 e. The highest BCUT2D eigenvalue weighted by atomic mass is 16.6. The Morgan fingerprint density at radius 2 is 2.03 bits per heavy atom. The lowest BCUT2D eigenvalue weighted by atomic mass is 9.94. The van der Waals surface area contributed by atoms with Crippen molar-refractivity contribution in [1.29, 1.82) is 0 Å². The molecule has 3 rings (SSSR count). The molecule has 0 aliphatic carbocycles. The molecular formula is C18H31N7O8. The smallest absolute Gasteiger partial charge is 0.404 e. The standard InChI is InChI=1S/C18H31N7O8/c1-24(2)5-9(28)25(3)12-13(29)14(33-17(19)31)8(6-26)32-16(12)23-18-21-10-7(27)4-20-15(30)11(10)22-18/h7-8,10-14,16,26-27,29H,4-6H2,1-3H3,(H2,19,31)(H,20,30)(H2,21,22,23)/t7-,8-,10-,11+,12-,13+,14+,16-/m1/s1. The second kappa shape index (κ2) is 10.0. The Hall–Kier alpha value is -2.72. The van der Waals surface area contributed by atoms with E-state index in [1.165, 1.54) is 11.9 Å². The van der Waals surface area contributed by atoms with Crippen molar-refractivity contribution in [1.82, 2.24) is 25.8 Å². The number of hydrogen-bond acceptors (Lipinski definition) is 12. The molecule has 0 radical (unpaired) electrons. The van der Waals surface area contributed by atoms with E-state index >= 15 is 0 Å². The van der Waals surface area contributed by atoms with E-state index in [0.717, 1.165) is 0 Å². The molecule has 33 heavy (non-hydrogen) atoms. The number of guanidine groups is 1. The highest BCUT2D eigenvalue weighted by Gasteiger charge is 2.51. The number of carbonyl (C=O) groups excluding carboxylic acids is 3. The number of fused-ring (bicyclic) bond motifs is 1. The number of rotatable bonds is 6. The van der Waals surface area contributed by atoms with Crippen molar-refractivity contribution >= 4 is 23.9 Å². The van der Waals surface area contributed by atoms with Gasteiger partial charge in [-0.05, 0) is 14.1 Å². The van der Waals surface area contributed by atoms with Gasteiger partial charge in [0, 0.05) is 13.6 Å². The molecule has 0 spiro atoms. The second-order valence-electron chi connectivity index (χ2n) is 8.45. The third-order valence-corrected chi connectivity index (χ3v) is 5.77. The summed E-state index contributed by atoms with van der Waals surface area (Å²) in [6.45, 7) is -0.536. The number of aliphatic imine (C=N–C) groups is 1. The molecule has 0 aromatic carbocycles. The summed E-state index contributed by atoms with van der Waals surface area (Å²) in [7, 11) is 4.84. The summed E-state index contributed by atoms with van der Waals surface area (Å²) >= 11 is 0. The lowest BCUT2D eigenvalue weighted by Gasteiger charge is -2.47. The number of nitrogens with one attached hydrogen (secondary N) is 3. The number of carbonyl (C=O) groups is 3. The molecular weight excluding hydrogens is 442 g/mol. The molecule has 2 fully saturated rings. The summed E-state index contributed by atoms with van der Waals surface area (Å²) in [4.78, 5) is 43.3.